The second kappa shape index (κ2) is 10.2. The van der Waals surface area contributed by atoms with Gasteiger partial charge in [0.15, 0.2) is 0 Å². The van der Waals surface area contributed by atoms with Crippen molar-refractivity contribution in [2.24, 2.45) is 0 Å². The van der Waals surface area contributed by atoms with Crippen LogP contribution in [0, 0.1) is 0 Å². The van der Waals surface area contributed by atoms with E-state index >= 15 is 0 Å². The lowest BCUT2D eigenvalue weighted by atomic mass is 10.1. The Balaban J connectivity index is 1.59. The summed E-state index contributed by atoms with van der Waals surface area (Å²) < 4.78 is 12.0. The van der Waals surface area contributed by atoms with Gasteiger partial charge in [-0.05, 0) is 37.1 Å². The van der Waals surface area contributed by atoms with E-state index in [4.69, 9.17) is 9.47 Å². The predicted molar refractivity (Wildman–Crippen MR) is 117 cm³/mol. The molecule has 0 heterocycles. The van der Waals surface area contributed by atoms with Crippen molar-refractivity contribution in [3.8, 4) is 11.5 Å². The molecule has 0 amide bonds. The Kier molecular flexibility index (Phi) is 7.08. The highest BCUT2D eigenvalue weighted by atomic mass is 16.5. The van der Waals surface area contributed by atoms with Gasteiger partial charge in [0.1, 0.15) is 24.7 Å². The molecule has 0 spiro atoms. The van der Waals surface area contributed by atoms with E-state index in [-0.39, 0.29) is 0 Å². The fourth-order valence-corrected chi connectivity index (χ4v) is 2.91. The molecule has 3 aromatic rings. The SMILES string of the molecule is C/C=C/c1ccccc1OCc1ccc(COc2ccccc2/C=C/C)cc1. The van der Waals surface area contributed by atoms with E-state index < -0.39 is 0 Å². The van der Waals surface area contributed by atoms with Gasteiger partial charge in [0.2, 0.25) is 0 Å². The molecule has 3 aromatic carbocycles. The summed E-state index contributed by atoms with van der Waals surface area (Å²) in [4.78, 5) is 0. The van der Waals surface area contributed by atoms with E-state index in [1.54, 1.807) is 0 Å². The van der Waals surface area contributed by atoms with Gasteiger partial charge in [-0.3, -0.25) is 0 Å². The van der Waals surface area contributed by atoms with Gasteiger partial charge in [-0.2, -0.15) is 0 Å². The number of ether oxygens (including phenoxy) is 2. The Morgan fingerprint density at radius 2 is 0.964 bits per heavy atom. The maximum absolute atomic E-state index is 6.00. The van der Waals surface area contributed by atoms with Gasteiger partial charge in [0.05, 0.1) is 0 Å². The smallest absolute Gasteiger partial charge is 0.127 e. The standard InChI is InChI=1S/C26H26O2/c1-3-9-23-11-5-7-13-25(23)27-19-21-15-17-22(18-16-21)20-28-26-14-8-6-12-24(26)10-4-2/h3-18H,19-20H2,1-2H3/b9-3+,10-4+. The minimum atomic E-state index is 0.542. The molecule has 0 aromatic heterocycles. The normalized spacial score (nSPS) is 11.2. The molecule has 0 atom stereocenters. The summed E-state index contributed by atoms with van der Waals surface area (Å²) in [6.45, 7) is 5.10. The monoisotopic (exact) mass is 370 g/mol. The first-order valence-electron chi connectivity index (χ1n) is 9.57. The van der Waals surface area contributed by atoms with Crippen LogP contribution in [-0.2, 0) is 13.2 Å². The van der Waals surface area contributed by atoms with Crippen LogP contribution in [-0.4, -0.2) is 0 Å². The molecule has 0 N–H and O–H groups in total. The molecule has 0 fully saturated rings. The lowest BCUT2D eigenvalue weighted by Crippen LogP contribution is -1.99. The Hall–Kier alpha value is -3.26. The van der Waals surface area contributed by atoms with E-state index in [2.05, 4.69) is 48.6 Å². The molecule has 0 aliphatic heterocycles. The molecule has 0 aliphatic carbocycles. The Morgan fingerprint density at radius 3 is 1.36 bits per heavy atom. The van der Waals surface area contributed by atoms with Crippen LogP contribution in [0.2, 0.25) is 0 Å². The van der Waals surface area contributed by atoms with E-state index in [1.165, 1.54) is 0 Å². The first-order chi connectivity index (χ1) is 13.8. The molecule has 0 saturated heterocycles. The number of para-hydroxylation sites is 2. The summed E-state index contributed by atoms with van der Waals surface area (Å²) in [6.07, 6.45) is 8.15. The number of hydrogen-bond donors (Lipinski definition) is 0. The average molecular weight is 370 g/mol. The van der Waals surface area contributed by atoms with Gasteiger partial charge in [-0.25, -0.2) is 0 Å². The van der Waals surface area contributed by atoms with E-state index in [9.17, 15) is 0 Å². The zero-order valence-corrected chi connectivity index (χ0v) is 16.5. The molecule has 0 bridgehead atoms. The highest BCUT2D eigenvalue weighted by molar-refractivity contribution is 5.57. The minimum Gasteiger partial charge on any atom is -0.488 e. The summed E-state index contributed by atoms with van der Waals surface area (Å²) in [6, 6.07) is 24.5. The van der Waals surface area contributed by atoms with Crippen LogP contribution < -0.4 is 9.47 Å². The van der Waals surface area contributed by atoms with E-state index in [0.717, 1.165) is 33.8 Å². The summed E-state index contributed by atoms with van der Waals surface area (Å²) in [5, 5.41) is 0. The second-order valence-corrected chi connectivity index (χ2v) is 6.47. The minimum absolute atomic E-state index is 0.542. The second-order valence-electron chi connectivity index (χ2n) is 6.47. The van der Waals surface area contributed by atoms with Gasteiger partial charge in [-0.1, -0.05) is 85.0 Å². The van der Waals surface area contributed by atoms with Crippen molar-refractivity contribution < 1.29 is 9.47 Å². The molecule has 0 radical (unpaired) electrons. The molecule has 28 heavy (non-hydrogen) atoms. The Morgan fingerprint density at radius 1 is 0.571 bits per heavy atom. The lowest BCUT2D eigenvalue weighted by Gasteiger charge is -2.11. The quantitative estimate of drug-likeness (QED) is 0.429. The third-order valence-corrected chi connectivity index (χ3v) is 4.34. The van der Waals surface area contributed by atoms with Crippen LogP contribution in [0.25, 0.3) is 12.2 Å². The average Bonchev–Trinajstić information content (AvgIpc) is 2.74. The van der Waals surface area contributed by atoms with Crippen molar-refractivity contribution in [2.45, 2.75) is 27.1 Å². The first-order valence-corrected chi connectivity index (χ1v) is 9.57. The van der Waals surface area contributed by atoms with Crippen LogP contribution in [0.15, 0.2) is 84.9 Å². The number of hydrogen-bond acceptors (Lipinski definition) is 2. The fraction of sp³-hybridized carbons (Fsp3) is 0.154. The van der Waals surface area contributed by atoms with E-state index in [1.807, 2.05) is 62.4 Å². The van der Waals surface area contributed by atoms with Crippen LogP contribution >= 0.6 is 0 Å². The van der Waals surface area contributed by atoms with Crippen molar-refractivity contribution in [1.29, 1.82) is 0 Å². The third-order valence-electron chi connectivity index (χ3n) is 4.34. The van der Waals surface area contributed by atoms with Gasteiger partial charge in [0, 0.05) is 11.1 Å². The van der Waals surface area contributed by atoms with Gasteiger partial charge in [0.25, 0.3) is 0 Å². The number of benzene rings is 3. The van der Waals surface area contributed by atoms with Gasteiger partial charge >= 0.3 is 0 Å². The molecule has 0 unspecified atom stereocenters. The first kappa shape index (κ1) is 19.5. The maximum atomic E-state index is 6.00. The molecule has 0 aliphatic rings. The largest absolute Gasteiger partial charge is 0.488 e. The summed E-state index contributed by atoms with van der Waals surface area (Å²) in [5.74, 6) is 1.79. The molecular formula is C26H26O2. The van der Waals surface area contributed by atoms with Crippen LogP contribution in [0.5, 0.6) is 11.5 Å². The topological polar surface area (TPSA) is 18.5 Å². The van der Waals surface area contributed by atoms with Crippen molar-refractivity contribution in [3.05, 3.63) is 107 Å². The third kappa shape index (κ3) is 5.37. The maximum Gasteiger partial charge on any atom is 0.127 e. The van der Waals surface area contributed by atoms with Crippen LogP contribution in [0.1, 0.15) is 36.1 Å². The van der Waals surface area contributed by atoms with Crippen molar-refractivity contribution in [3.63, 3.8) is 0 Å². The van der Waals surface area contributed by atoms with Crippen molar-refractivity contribution >= 4 is 12.2 Å². The Bertz CT molecular complexity index is 858. The van der Waals surface area contributed by atoms with Crippen molar-refractivity contribution in [1.82, 2.24) is 0 Å². The molecule has 2 nitrogen and oxygen atoms in total. The van der Waals surface area contributed by atoms with Crippen LogP contribution in [0.3, 0.4) is 0 Å². The predicted octanol–water partition coefficient (Wildman–Crippen LogP) is 6.91. The summed E-state index contributed by atoms with van der Waals surface area (Å²) in [5.41, 5.74) is 4.45. The number of rotatable bonds is 8. The summed E-state index contributed by atoms with van der Waals surface area (Å²) in [7, 11) is 0. The fourth-order valence-electron chi connectivity index (χ4n) is 2.91. The molecule has 3 rings (SSSR count). The Labute approximate surface area is 167 Å². The summed E-state index contributed by atoms with van der Waals surface area (Å²) >= 11 is 0. The highest BCUT2D eigenvalue weighted by Crippen LogP contribution is 2.22. The molecular weight excluding hydrogens is 344 g/mol. The highest BCUT2D eigenvalue weighted by Gasteiger charge is 2.03. The van der Waals surface area contributed by atoms with Crippen LogP contribution in [0.4, 0.5) is 0 Å². The van der Waals surface area contributed by atoms with Crippen molar-refractivity contribution in [2.75, 3.05) is 0 Å². The zero-order valence-electron chi connectivity index (χ0n) is 16.5. The number of allylic oxidation sites excluding steroid dienone is 2. The molecule has 142 valence electrons. The molecule has 2 heteroatoms. The van der Waals surface area contributed by atoms with Gasteiger partial charge in [-0.15, -0.1) is 0 Å². The lowest BCUT2D eigenvalue weighted by molar-refractivity contribution is 0.302. The zero-order chi connectivity index (χ0) is 19.6. The van der Waals surface area contributed by atoms with Gasteiger partial charge < -0.3 is 9.47 Å². The molecule has 0 saturated carbocycles. The van der Waals surface area contributed by atoms with E-state index in [0.29, 0.717) is 13.2 Å².